The quantitative estimate of drug-likeness (QED) is 0.722. The first kappa shape index (κ1) is 9.59. The van der Waals surface area contributed by atoms with Gasteiger partial charge in [-0.05, 0) is 41.8 Å². The second-order valence-corrected chi connectivity index (χ2v) is 3.48. The SMILES string of the molecule is Nc1[c]cc(Cc2c[c]c(N)cc2)cc1. The molecule has 2 rings (SSSR count). The third-order valence-corrected chi connectivity index (χ3v) is 2.21. The molecule has 0 fully saturated rings. The van der Waals surface area contributed by atoms with Crippen molar-refractivity contribution in [2.45, 2.75) is 6.42 Å². The number of nitrogens with two attached hydrogens (primary N) is 2. The zero-order valence-electron chi connectivity index (χ0n) is 8.33. The number of anilines is 2. The average molecular weight is 196 g/mol. The van der Waals surface area contributed by atoms with Crippen LogP contribution < -0.4 is 11.5 Å². The van der Waals surface area contributed by atoms with E-state index in [1.165, 1.54) is 11.1 Å². The van der Waals surface area contributed by atoms with Crippen LogP contribution in [0.3, 0.4) is 0 Å². The van der Waals surface area contributed by atoms with Crippen molar-refractivity contribution in [3.63, 3.8) is 0 Å². The number of hydrogen-bond donors (Lipinski definition) is 2. The molecule has 4 N–H and O–H groups in total. The summed E-state index contributed by atoms with van der Waals surface area (Å²) in [5.74, 6) is 0. The van der Waals surface area contributed by atoms with E-state index >= 15 is 0 Å². The number of rotatable bonds is 2. The van der Waals surface area contributed by atoms with E-state index in [1.54, 1.807) is 0 Å². The Morgan fingerprint density at radius 3 is 1.60 bits per heavy atom. The highest BCUT2D eigenvalue weighted by Crippen LogP contribution is 2.12. The van der Waals surface area contributed by atoms with Crippen molar-refractivity contribution in [2.75, 3.05) is 11.5 Å². The maximum Gasteiger partial charge on any atom is 0.0394 e. The predicted molar refractivity (Wildman–Crippen MR) is 62.2 cm³/mol. The van der Waals surface area contributed by atoms with Crippen molar-refractivity contribution >= 4 is 11.4 Å². The summed E-state index contributed by atoms with van der Waals surface area (Å²) in [6.07, 6.45) is 0.855. The summed E-state index contributed by atoms with van der Waals surface area (Å²) in [5.41, 5.74) is 14.8. The number of benzene rings is 2. The van der Waals surface area contributed by atoms with E-state index in [4.69, 9.17) is 11.5 Å². The van der Waals surface area contributed by atoms with Crippen molar-refractivity contribution in [1.82, 2.24) is 0 Å². The molecule has 0 aliphatic heterocycles. The van der Waals surface area contributed by atoms with E-state index in [2.05, 4.69) is 12.1 Å². The van der Waals surface area contributed by atoms with Crippen LogP contribution in [-0.4, -0.2) is 0 Å². The first-order valence-corrected chi connectivity index (χ1v) is 4.76. The molecule has 0 atom stereocenters. The van der Waals surface area contributed by atoms with Crippen LogP contribution in [0, 0.1) is 12.1 Å². The minimum atomic E-state index is 0.669. The topological polar surface area (TPSA) is 52.0 Å². The van der Waals surface area contributed by atoms with E-state index in [0.29, 0.717) is 11.4 Å². The predicted octanol–water partition coefficient (Wildman–Crippen LogP) is 2.04. The minimum absolute atomic E-state index is 0.669. The lowest BCUT2D eigenvalue weighted by atomic mass is 10.0. The lowest BCUT2D eigenvalue weighted by Gasteiger charge is -2.02. The first-order chi connectivity index (χ1) is 7.24. The molecule has 2 nitrogen and oxygen atoms in total. The van der Waals surface area contributed by atoms with Gasteiger partial charge in [0.2, 0.25) is 0 Å². The molecule has 2 aromatic carbocycles. The van der Waals surface area contributed by atoms with Gasteiger partial charge in [-0.3, -0.25) is 0 Å². The van der Waals surface area contributed by atoms with Crippen LogP contribution in [0.15, 0.2) is 36.4 Å². The van der Waals surface area contributed by atoms with Crippen molar-refractivity contribution < 1.29 is 0 Å². The molecular weight excluding hydrogens is 184 g/mol. The van der Waals surface area contributed by atoms with Gasteiger partial charge in [0, 0.05) is 23.5 Å². The van der Waals surface area contributed by atoms with Crippen LogP contribution >= 0.6 is 0 Å². The Balaban J connectivity index is 2.15. The van der Waals surface area contributed by atoms with Gasteiger partial charge in [-0.15, -0.1) is 0 Å². The molecule has 0 unspecified atom stereocenters. The molecule has 0 saturated heterocycles. The smallest absolute Gasteiger partial charge is 0.0394 e. The minimum Gasteiger partial charge on any atom is -0.398 e. The Morgan fingerprint density at radius 2 is 1.27 bits per heavy atom. The fourth-order valence-corrected chi connectivity index (χ4v) is 1.39. The van der Waals surface area contributed by atoms with Gasteiger partial charge in [-0.2, -0.15) is 0 Å². The number of hydrogen-bond acceptors (Lipinski definition) is 2. The van der Waals surface area contributed by atoms with E-state index in [9.17, 15) is 0 Å². The highest BCUT2D eigenvalue weighted by Gasteiger charge is 1.96. The molecule has 2 heteroatoms. The maximum atomic E-state index is 5.56. The summed E-state index contributed by atoms with van der Waals surface area (Å²) in [5, 5.41) is 0. The van der Waals surface area contributed by atoms with Crippen molar-refractivity contribution in [3.05, 3.63) is 59.7 Å². The van der Waals surface area contributed by atoms with Crippen molar-refractivity contribution in [3.8, 4) is 0 Å². The fourth-order valence-electron chi connectivity index (χ4n) is 1.39. The summed E-state index contributed by atoms with van der Waals surface area (Å²) in [7, 11) is 0. The van der Waals surface area contributed by atoms with Gasteiger partial charge in [0.15, 0.2) is 0 Å². The Bertz CT molecular complexity index is 386. The van der Waals surface area contributed by atoms with Gasteiger partial charge in [-0.25, -0.2) is 0 Å². The van der Waals surface area contributed by atoms with Crippen LogP contribution in [0.25, 0.3) is 0 Å². The summed E-state index contributed by atoms with van der Waals surface area (Å²) < 4.78 is 0. The summed E-state index contributed by atoms with van der Waals surface area (Å²) in [4.78, 5) is 0. The van der Waals surface area contributed by atoms with E-state index < -0.39 is 0 Å². The van der Waals surface area contributed by atoms with Gasteiger partial charge in [0.05, 0.1) is 0 Å². The molecule has 15 heavy (non-hydrogen) atoms. The van der Waals surface area contributed by atoms with Crippen molar-refractivity contribution in [1.29, 1.82) is 0 Å². The highest BCUT2D eigenvalue weighted by molar-refractivity contribution is 5.41. The average Bonchev–Trinajstić information content (AvgIpc) is 2.25. The molecule has 0 spiro atoms. The molecule has 74 valence electrons. The Kier molecular flexibility index (Phi) is 2.59. The normalized spacial score (nSPS) is 10.1. The Labute approximate surface area is 89.5 Å². The first-order valence-electron chi connectivity index (χ1n) is 4.76. The second-order valence-electron chi connectivity index (χ2n) is 3.48. The molecule has 0 aromatic heterocycles. The van der Waals surface area contributed by atoms with E-state index in [0.717, 1.165) is 6.42 Å². The second kappa shape index (κ2) is 4.05. The summed E-state index contributed by atoms with van der Waals surface area (Å²) in [6, 6.07) is 17.5. The van der Waals surface area contributed by atoms with Crippen molar-refractivity contribution in [2.24, 2.45) is 0 Å². The maximum absolute atomic E-state index is 5.56. The van der Waals surface area contributed by atoms with Gasteiger partial charge in [0.25, 0.3) is 0 Å². The zero-order chi connectivity index (χ0) is 10.7. The van der Waals surface area contributed by atoms with E-state index in [-0.39, 0.29) is 0 Å². The summed E-state index contributed by atoms with van der Waals surface area (Å²) >= 11 is 0. The molecule has 0 heterocycles. The standard InChI is InChI=1S/C13H12N2/c14-12-5-1-10(2-6-12)9-11-3-7-13(15)8-4-11/h1-5,7H,9,14-15H2. The molecule has 2 aromatic rings. The van der Waals surface area contributed by atoms with Crippen LogP contribution in [0.1, 0.15) is 11.1 Å². The largest absolute Gasteiger partial charge is 0.398 e. The molecule has 0 bridgehead atoms. The molecule has 0 saturated carbocycles. The van der Waals surface area contributed by atoms with E-state index in [1.807, 2.05) is 36.4 Å². The molecular formula is C13H12N2. The van der Waals surface area contributed by atoms with Crippen LogP contribution in [0.4, 0.5) is 11.4 Å². The molecule has 2 radical (unpaired) electrons. The lowest BCUT2D eigenvalue weighted by Crippen LogP contribution is -1.91. The van der Waals surface area contributed by atoms with Crippen LogP contribution in [0.5, 0.6) is 0 Å². The van der Waals surface area contributed by atoms with Gasteiger partial charge in [-0.1, -0.05) is 12.1 Å². The van der Waals surface area contributed by atoms with Crippen LogP contribution in [-0.2, 0) is 6.42 Å². The monoisotopic (exact) mass is 196 g/mol. The zero-order valence-corrected chi connectivity index (χ0v) is 8.33. The lowest BCUT2D eigenvalue weighted by molar-refractivity contribution is 1.19. The number of nitrogen functional groups attached to an aromatic ring is 2. The fraction of sp³-hybridized carbons (Fsp3) is 0.0769. The molecule has 0 aliphatic carbocycles. The van der Waals surface area contributed by atoms with Gasteiger partial charge < -0.3 is 11.5 Å². The highest BCUT2D eigenvalue weighted by atomic mass is 14.5. The molecule has 0 amide bonds. The van der Waals surface area contributed by atoms with Gasteiger partial charge in [0.1, 0.15) is 0 Å². The third kappa shape index (κ3) is 2.50. The molecule has 0 aliphatic rings. The summed E-state index contributed by atoms with van der Waals surface area (Å²) in [6.45, 7) is 0. The Hall–Kier alpha value is -1.96. The van der Waals surface area contributed by atoms with Crippen LogP contribution in [0.2, 0.25) is 0 Å². The van der Waals surface area contributed by atoms with Gasteiger partial charge >= 0.3 is 0 Å². The third-order valence-electron chi connectivity index (χ3n) is 2.21. The Morgan fingerprint density at radius 1 is 0.800 bits per heavy atom.